The van der Waals surface area contributed by atoms with Crippen LogP contribution in [0, 0.1) is 0 Å². The number of aliphatic hydroxyl groups is 1. The van der Waals surface area contributed by atoms with E-state index in [1.165, 1.54) is 0 Å². The van der Waals surface area contributed by atoms with Crippen molar-refractivity contribution in [3.63, 3.8) is 0 Å². The van der Waals surface area contributed by atoms with Gasteiger partial charge in [-0.05, 0) is 6.42 Å². The Kier molecular flexibility index (Phi) is 58.2. The predicted octanol–water partition coefficient (Wildman–Crippen LogP) is 0.692. The molecule has 0 unspecified atom stereocenters. The summed E-state index contributed by atoms with van der Waals surface area (Å²) in [4.78, 5) is 0. The average molecular weight is 260 g/mol. The van der Waals surface area contributed by atoms with Gasteiger partial charge in [-0.1, -0.05) is 52.9 Å². The second-order valence-corrected chi connectivity index (χ2v) is 3.19. The summed E-state index contributed by atoms with van der Waals surface area (Å²) in [6, 6.07) is 0. The summed E-state index contributed by atoms with van der Waals surface area (Å²) in [5.74, 6) is 0. The molecule has 0 heterocycles. The van der Waals surface area contributed by atoms with Gasteiger partial charge in [0.25, 0.3) is 0 Å². The fraction of sp³-hybridized carbons (Fsp3) is 1.00. The molecule has 0 fully saturated rings. The number of hydrogen-bond acceptors (Lipinski definition) is 3. The minimum atomic E-state index is 0. The van der Waals surface area contributed by atoms with Crippen molar-refractivity contribution < 1.29 is 15.3 Å². The maximum absolute atomic E-state index is 9.53. The quantitative estimate of drug-likeness (QED) is 0.715. The first kappa shape index (κ1) is 25.9. The van der Waals surface area contributed by atoms with Crippen LogP contribution in [0.3, 0.4) is 0 Å². The molecule has 0 aliphatic carbocycles. The second-order valence-electron chi connectivity index (χ2n) is 3.19. The van der Waals surface area contributed by atoms with E-state index in [-0.39, 0.29) is 51.0 Å². The van der Waals surface area contributed by atoms with Crippen molar-refractivity contribution in [1.82, 2.24) is 0 Å². The maximum atomic E-state index is 9.53. The molecule has 0 atom stereocenters. The Morgan fingerprint density at radius 3 is 1.06 bits per heavy atom. The number of aliphatic hydroxyl groups excluding tert-OH is 1. The molecular weight excluding hydrogens is 232 g/mol. The molecule has 0 radical (unpaired) electrons. The van der Waals surface area contributed by atoms with E-state index >= 15 is 0 Å². The molecular formula is C12H28CaO3. The Hall–Kier alpha value is 1.14. The number of unbranched alkanes of at least 4 members (excludes halogenated alkanes) is 3. The Balaban J connectivity index is -0.0000000655. The normalized spacial score (nSPS) is 7.88. The van der Waals surface area contributed by atoms with Crippen molar-refractivity contribution in [2.24, 2.45) is 0 Å². The van der Waals surface area contributed by atoms with E-state index in [2.05, 4.69) is 6.92 Å². The van der Waals surface area contributed by atoms with E-state index in [0.717, 1.165) is 38.5 Å². The first-order valence-corrected chi connectivity index (χ1v) is 6.01. The molecule has 16 heavy (non-hydrogen) atoms. The molecule has 0 saturated heterocycles. The second kappa shape index (κ2) is 36.0. The molecule has 0 aliphatic heterocycles. The van der Waals surface area contributed by atoms with Crippen LogP contribution in [0.5, 0.6) is 0 Å². The summed E-state index contributed by atoms with van der Waals surface area (Å²) in [6.07, 6.45) is 5.77. The van der Waals surface area contributed by atoms with Gasteiger partial charge in [0.1, 0.15) is 0 Å². The zero-order valence-corrected chi connectivity index (χ0v) is 13.5. The summed E-state index contributed by atoms with van der Waals surface area (Å²) in [5.41, 5.74) is 0. The zero-order chi connectivity index (χ0) is 12.4. The van der Waals surface area contributed by atoms with E-state index in [1.807, 2.05) is 13.8 Å². The zero-order valence-electron chi connectivity index (χ0n) is 11.3. The Morgan fingerprint density at radius 2 is 1.06 bits per heavy atom. The molecule has 1 N–H and O–H groups in total. The third-order valence-corrected chi connectivity index (χ3v) is 1.51. The Labute approximate surface area is 131 Å². The van der Waals surface area contributed by atoms with Gasteiger partial charge in [-0.3, -0.25) is 0 Å². The van der Waals surface area contributed by atoms with Crippen molar-refractivity contribution in [2.75, 3.05) is 19.8 Å². The molecule has 0 aromatic rings. The number of hydrogen-bond donors (Lipinski definition) is 1. The molecule has 0 amide bonds. The van der Waals surface area contributed by atoms with Crippen LogP contribution in [-0.2, 0) is 0 Å². The summed E-state index contributed by atoms with van der Waals surface area (Å²) in [5, 5.41) is 27.1. The molecule has 0 rings (SSSR count). The maximum Gasteiger partial charge on any atom is 2.00 e. The van der Waals surface area contributed by atoms with Crippen LogP contribution >= 0.6 is 0 Å². The average Bonchev–Trinajstić information content (AvgIpc) is 2.23. The van der Waals surface area contributed by atoms with E-state index in [1.54, 1.807) is 0 Å². The molecule has 96 valence electrons. The first-order chi connectivity index (χ1) is 7.24. The van der Waals surface area contributed by atoms with Crippen molar-refractivity contribution in [3.8, 4) is 0 Å². The predicted molar refractivity (Wildman–Crippen MR) is 67.3 cm³/mol. The van der Waals surface area contributed by atoms with Gasteiger partial charge in [0.15, 0.2) is 0 Å². The smallest absolute Gasteiger partial charge is 0.854 e. The minimum Gasteiger partial charge on any atom is -0.854 e. The third-order valence-electron chi connectivity index (χ3n) is 1.51. The molecule has 0 bridgehead atoms. The molecule has 0 aliphatic rings. The van der Waals surface area contributed by atoms with Gasteiger partial charge in [-0.2, -0.15) is 0 Å². The van der Waals surface area contributed by atoms with E-state index < -0.39 is 0 Å². The Morgan fingerprint density at radius 1 is 0.750 bits per heavy atom. The fourth-order valence-electron chi connectivity index (χ4n) is 0.447. The molecule has 0 spiro atoms. The van der Waals surface area contributed by atoms with E-state index in [4.69, 9.17) is 5.11 Å². The topological polar surface area (TPSA) is 66.3 Å². The van der Waals surface area contributed by atoms with Crippen molar-refractivity contribution in [3.05, 3.63) is 0 Å². The summed E-state index contributed by atoms with van der Waals surface area (Å²) in [7, 11) is 0. The van der Waals surface area contributed by atoms with Crippen LogP contribution in [0.15, 0.2) is 0 Å². The van der Waals surface area contributed by atoms with Gasteiger partial charge < -0.3 is 15.3 Å². The van der Waals surface area contributed by atoms with Gasteiger partial charge in [0.2, 0.25) is 0 Å². The van der Waals surface area contributed by atoms with Gasteiger partial charge in [0, 0.05) is 6.61 Å². The van der Waals surface area contributed by atoms with Crippen LogP contribution in [0.2, 0.25) is 0 Å². The van der Waals surface area contributed by atoms with Crippen molar-refractivity contribution in [2.45, 2.75) is 59.3 Å². The van der Waals surface area contributed by atoms with Crippen LogP contribution in [-0.4, -0.2) is 62.7 Å². The summed E-state index contributed by atoms with van der Waals surface area (Å²) in [6.45, 7) is 6.61. The standard InChI is InChI=1S/C4H10O.2C4H9O.Ca/c3*1-2-3-4-5;/h5H,2-4H2,1H3;2*2-4H2,1H3;/q;2*-1;+2. The van der Waals surface area contributed by atoms with Crippen molar-refractivity contribution in [1.29, 1.82) is 0 Å². The van der Waals surface area contributed by atoms with Crippen molar-refractivity contribution >= 4 is 37.7 Å². The van der Waals surface area contributed by atoms with Crippen LogP contribution < -0.4 is 10.2 Å². The van der Waals surface area contributed by atoms with Crippen LogP contribution in [0.1, 0.15) is 59.3 Å². The largest absolute Gasteiger partial charge is 2.00 e. The molecule has 0 aromatic heterocycles. The molecule has 4 heteroatoms. The van der Waals surface area contributed by atoms with E-state index in [9.17, 15) is 10.2 Å². The van der Waals surface area contributed by atoms with E-state index in [0.29, 0.717) is 6.61 Å². The third kappa shape index (κ3) is 59.4. The monoisotopic (exact) mass is 260 g/mol. The fourth-order valence-corrected chi connectivity index (χ4v) is 0.447. The number of rotatable bonds is 6. The summed E-state index contributed by atoms with van der Waals surface area (Å²) >= 11 is 0. The SMILES string of the molecule is CCCCO.CCCC[O-].CCCC[O-].[Ca+2]. The van der Waals surface area contributed by atoms with Gasteiger partial charge in [-0.25, -0.2) is 0 Å². The molecule has 0 saturated carbocycles. The van der Waals surface area contributed by atoms with Gasteiger partial charge in [-0.15, -0.1) is 13.2 Å². The molecule has 0 aromatic carbocycles. The van der Waals surface area contributed by atoms with Gasteiger partial charge >= 0.3 is 37.7 Å². The van der Waals surface area contributed by atoms with Gasteiger partial charge in [0.05, 0.1) is 0 Å². The van der Waals surface area contributed by atoms with Crippen LogP contribution in [0.25, 0.3) is 0 Å². The molecule has 3 nitrogen and oxygen atoms in total. The minimum absolute atomic E-state index is 0. The first-order valence-electron chi connectivity index (χ1n) is 6.01. The summed E-state index contributed by atoms with van der Waals surface area (Å²) < 4.78 is 0. The Bertz CT molecular complexity index is 53.0. The van der Waals surface area contributed by atoms with Crippen LogP contribution in [0.4, 0.5) is 0 Å².